The molecule has 168 valence electrons. The molecule has 3 fully saturated rings. The average molecular weight is 491 g/mol. The summed E-state index contributed by atoms with van der Waals surface area (Å²) in [5, 5.41) is 12.8. The summed E-state index contributed by atoms with van der Waals surface area (Å²) in [6.07, 6.45) is 0.809. The molecule has 2 amide bonds. The zero-order chi connectivity index (χ0) is 22.5. The van der Waals surface area contributed by atoms with Crippen LogP contribution in [0.3, 0.4) is 0 Å². The Hall–Kier alpha value is -1.91. The molecule has 2 aliphatic carbocycles. The molecule has 4 aliphatic rings. The number of thioether (sulfide) groups is 1. The van der Waals surface area contributed by atoms with Gasteiger partial charge in [0.25, 0.3) is 0 Å². The maximum absolute atomic E-state index is 13.5. The number of nitrogens with zero attached hydrogens (tertiary/aromatic N) is 1. The molecule has 10 heteroatoms. The third-order valence-electron chi connectivity index (χ3n) is 7.77. The monoisotopic (exact) mass is 490 g/mol. The van der Waals surface area contributed by atoms with E-state index in [1.165, 1.54) is 16.2 Å². The largest absolute Gasteiger partial charge is 0.480 e. The summed E-state index contributed by atoms with van der Waals surface area (Å²) in [5.74, 6) is -2.78. The van der Waals surface area contributed by atoms with Gasteiger partial charge in [0.15, 0.2) is 0 Å². The first kappa shape index (κ1) is 20.7. The summed E-state index contributed by atoms with van der Waals surface area (Å²) < 4.78 is 0. The van der Waals surface area contributed by atoms with Crippen LogP contribution < -0.4 is 4.87 Å². The molecule has 2 saturated carbocycles. The van der Waals surface area contributed by atoms with E-state index in [-0.39, 0.29) is 51.5 Å². The minimum atomic E-state index is -1.13. The van der Waals surface area contributed by atoms with Crippen LogP contribution in [-0.2, 0) is 14.4 Å². The van der Waals surface area contributed by atoms with Gasteiger partial charge in [-0.1, -0.05) is 31.3 Å². The molecule has 32 heavy (non-hydrogen) atoms. The molecule has 2 bridgehead atoms. The zero-order valence-corrected chi connectivity index (χ0v) is 19.8. The fourth-order valence-corrected chi connectivity index (χ4v) is 10.6. The number of carbonyl (C=O) groups is 3. The van der Waals surface area contributed by atoms with Gasteiger partial charge in [0.1, 0.15) is 6.04 Å². The molecule has 4 heterocycles. The molecule has 2 aromatic heterocycles. The Morgan fingerprint density at radius 2 is 1.91 bits per heavy atom. The number of rotatable bonds is 4. The first-order valence-corrected chi connectivity index (χ1v) is 13.4. The van der Waals surface area contributed by atoms with Crippen molar-refractivity contribution in [2.24, 2.45) is 35.5 Å². The minimum Gasteiger partial charge on any atom is -0.480 e. The highest BCUT2D eigenvalue weighted by Gasteiger charge is 2.70. The van der Waals surface area contributed by atoms with E-state index in [4.69, 9.17) is 0 Å². The van der Waals surface area contributed by atoms with E-state index in [9.17, 15) is 24.3 Å². The summed E-state index contributed by atoms with van der Waals surface area (Å²) in [5.41, 5.74) is 0. The van der Waals surface area contributed by atoms with Crippen LogP contribution in [0, 0.1) is 35.5 Å². The molecule has 2 N–H and O–H groups in total. The van der Waals surface area contributed by atoms with Gasteiger partial charge < -0.3 is 10.1 Å². The van der Waals surface area contributed by atoms with Gasteiger partial charge in [-0.3, -0.25) is 19.3 Å². The molecule has 7 nitrogen and oxygen atoms in total. The molecule has 2 aromatic rings. The fourth-order valence-electron chi connectivity index (χ4n) is 6.79. The zero-order valence-electron chi connectivity index (χ0n) is 17.4. The highest BCUT2D eigenvalue weighted by molar-refractivity contribution is 8.00. The van der Waals surface area contributed by atoms with Crippen molar-refractivity contribution in [1.29, 1.82) is 0 Å². The Labute approximate surface area is 196 Å². The van der Waals surface area contributed by atoms with Gasteiger partial charge in [0.05, 0.1) is 16.9 Å². The second kappa shape index (κ2) is 7.04. The molecule has 6 rings (SSSR count). The van der Waals surface area contributed by atoms with E-state index in [2.05, 4.69) is 11.1 Å². The number of amides is 2. The maximum Gasteiger partial charge on any atom is 0.327 e. The number of likely N-dealkylation sites (tertiary alicyclic amines) is 1. The second-order valence-electron chi connectivity index (χ2n) is 9.55. The quantitative estimate of drug-likeness (QED) is 0.638. The fraction of sp³-hybridized carbons (Fsp3) is 0.545. The molecule has 0 spiro atoms. The van der Waals surface area contributed by atoms with Crippen LogP contribution >= 0.6 is 34.4 Å². The van der Waals surface area contributed by atoms with Gasteiger partial charge in [0, 0.05) is 20.9 Å². The van der Waals surface area contributed by atoms with Crippen molar-refractivity contribution in [3.05, 3.63) is 36.9 Å². The molecular formula is C22H22N2O5S3. The van der Waals surface area contributed by atoms with E-state index in [1.54, 1.807) is 36.9 Å². The molecule has 0 unspecified atom stereocenters. The third kappa shape index (κ3) is 2.60. The predicted octanol–water partition coefficient (Wildman–Crippen LogP) is 3.08. The Kier molecular flexibility index (Phi) is 4.55. The molecule has 2 aliphatic heterocycles. The maximum atomic E-state index is 13.5. The number of carboxylic acid groups (broad SMARTS) is 1. The lowest BCUT2D eigenvalue weighted by atomic mass is 9.69. The van der Waals surface area contributed by atoms with Gasteiger partial charge in [-0.25, -0.2) is 4.79 Å². The van der Waals surface area contributed by atoms with Crippen LogP contribution in [0.1, 0.15) is 35.9 Å². The van der Waals surface area contributed by atoms with Crippen molar-refractivity contribution < 1.29 is 19.5 Å². The van der Waals surface area contributed by atoms with Crippen molar-refractivity contribution >= 4 is 52.2 Å². The number of hydrogen-bond donors (Lipinski definition) is 2. The van der Waals surface area contributed by atoms with Crippen molar-refractivity contribution in [2.45, 2.75) is 42.5 Å². The van der Waals surface area contributed by atoms with Crippen LogP contribution in [0.2, 0.25) is 0 Å². The van der Waals surface area contributed by atoms with Crippen LogP contribution in [0.15, 0.2) is 27.3 Å². The average Bonchev–Trinajstić information content (AvgIpc) is 3.51. The number of thiazole rings is 1. The standard InChI is InChI=1S/C22H22N2O5S3/c1-7(2)15(21(27)28)24-19(25)12-8-6-9(13(12)20(24)26)16-11(8)14(10-4-3-5-30-10)17-18(31-16)23-22(29)32-17/h3-5,7-9,11-16H,6H2,1-2H3,(H,23,29)(H,27,28)/t8-,9-,11-,12-,13+,14-,15-,16-/m0/s1. The number of thiophene rings is 1. The predicted molar refractivity (Wildman–Crippen MR) is 121 cm³/mol. The van der Waals surface area contributed by atoms with Crippen LogP contribution in [-0.4, -0.2) is 44.1 Å². The van der Waals surface area contributed by atoms with Crippen LogP contribution in [0.4, 0.5) is 0 Å². The van der Waals surface area contributed by atoms with E-state index in [1.807, 2.05) is 11.4 Å². The SMILES string of the molecule is CC(C)[C@@H](C(=O)O)N1C(=O)[C@@H]2[C@@H]3C[C@H]([C@@H]2C1=O)[C@H]1[C@H](c2cccs2)c2sc(=O)[nH]c2S[C@@H]31. The Balaban J connectivity index is 1.43. The van der Waals surface area contributed by atoms with E-state index < -0.39 is 23.8 Å². The number of hydrogen-bond acceptors (Lipinski definition) is 7. The van der Waals surface area contributed by atoms with Crippen LogP contribution in [0.5, 0.6) is 0 Å². The summed E-state index contributed by atoms with van der Waals surface area (Å²) in [6, 6.07) is 2.97. The molecule has 1 saturated heterocycles. The van der Waals surface area contributed by atoms with E-state index >= 15 is 0 Å². The highest BCUT2D eigenvalue weighted by Crippen LogP contribution is 2.68. The van der Waals surface area contributed by atoms with E-state index in [0.717, 1.165) is 21.2 Å². The molecule has 0 radical (unpaired) electrons. The number of aromatic amines is 1. The number of carbonyl (C=O) groups excluding carboxylic acids is 2. The van der Waals surface area contributed by atoms with Gasteiger partial charge >= 0.3 is 10.8 Å². The first-order valence-electron chi connectivity index (χ1n) is 10.8. The highest BCUT2D eigenvalue weighted by atomic mass is 32.2. The lowest BCUT2D eigenvalue weighted by Crippen LogP contribution is -2.49. The third-order valence-corrected chi connectivity index (χ3v) is 11.3. The Morgan fingerprint density at radius 1 is 1.19 bits per heavy atom. The number of aromatic nitrogens is 1. The van der Waals surface area contributed by atoms with Gasteiger partial charge in [-0.15, -0.1) is 23.1 Å². The van der Waals surface area contributed by atoms with Gasteiger partial charge in [-0.05, 0) is 41.5 Å². The van der Waals surface area contributed by atoms with Crippen molar-refractivity contribution in [3.63, 3.8) is 0 Å². The lowest BCUT2D eigenvalue weighted by molar-refractivity contribution is -0.157. The van der Waals surface area contributed by atoms with Gasteiger partial charge in [0.2, 0.25) is 11.8 Å². The summed E-state index contributed by atoms with van der Waals surface area (Å²) in [7, 11) is 0. The second-order valence-corrected chi connectivity index (χ2v) is 12.7. The van der Waals surface area contributed by atoms with Crippen molar-refractivity contribution in [3.8, 4) is 0 Å². The normalized spacial score (nSPS) is 35.8. The summed E-state index contributed by atoms with van der Waals surface area (Å²) >= 11 is 4.56. The minimum absolute atomic E-state index is 0.0158. The number of fused-ring (bicyclic) bond motifs is 9. The smallest absolute Gasteiger partial charge is 0.327 e. The number of H-pyrrole nitrogens is 1. The molecule has 0 aromatic carbocycles. The lowest BCUT2D eigenvalue weighted by Gasteiger charge is -2.42. The Morgan fingerprint density at radius 3 is 2.53 bits per heavy atom. The van der Waals surface area contributed by atoms with Crippen molar-refractivity contribution in [1.82, 2.24) is 9.88 Å². The molecular weight excluding hydrogens is 468 g/mol. The van der Waals surface area contributed by atoms with Gasteiger partial charge in [-0.2, -0.15) is 0 Å². The van der Waals surface area contributed by atoms with Crippen molar-refractivity contribution in [2.75, 3.05) is 0 Å². The number of imide groups is 1. The number of aliphatic carboxylic acids is 1. The Bertz CT molecular complexity index is 1180. The molecule has 8 atom stereocenters. The topological polar surface area (TPSA) is 108 Å². The van der Waals surface area contributed by atoms with Crippen LogP contribution in [0.25, 0.3) is 0 Å². The summed E-state index contributed by atoms with van der Waals surface area (Å²) in [6.45, 7) is 3.47. The first-order chi connectivity index (χ1) is 15.3. The number of nitrogens with one attached hydrogen (secondary N) is 1. The van der Waals surface area contributed by atoms with E-state index in [0.29, 0.717) is 0 Å². The summed E-state index contributed by atoms with van der Waals surface area (Å²) in [4.78, 5) is 57.3. The number of carboxylic acids is 1.